The summed E-state index contributed by atoms with van der Waals surface area (Å²) in [4.78, 5) is 0. The van der Waals surface area contributed by atoms with E-state index in [4.69, 9.17) is 9.47 Å². The van der Waals surface area contributed by atoms with Gasteiger partial charge in [0.2, 0.25) is 0 Å². The molecule has 3 heteroatoms. The van der Waals surface area contributed by atoms with Crippen LogP contribution in [0.25, 0.3) is 0 Å². The molecule has 0 aliphatic heterocycles. The molecule has 2 nitrogen and oxygen atoms in total. The molecule has 0 amide bonds. The molecule has 1 aliphatic carbocycles. The first-order valence-corrected chi connectivity index (χ1v) is 7.98. The molecular weight excluding hydrogens is 304 g/mol. The van der Waals surface area contributed by atoms with E-state index in [2.05, 4.69) is 35.0 Å². The second-order valence-electron chi connectivity index (χ2n) is 5.27. The minimum absolute atomic E-state index is 0.444. The van der Waals surface area contributed by atoms with Crippen LogP contribution in [0.2, 0.25) is 0 Å². The number of benzene rings is 1. The third-order valence-corrected chi connectivity index (χ3v) is 4.66. The number of ether oxygens (including phenoxy) is 2. The topological polar surface area (TPSA) is 18.5 Å². The second kappa shape index (κ2) is 7.30. The second-order valence-corrected chi connectivity index (χ2v) is 6.13. The van der Waals surface area contributed by atoms with Crippen LogP contribution in [0.15, 0.2) is 22.7 Å². The van der Waals surface area contributed by atoms with Crippen molar-refractivity contribution in [1.82, 2.24) is 0 Å². The van der Waals surface area contributed by atoms with E-state index in [1.54, 1.807) is 7.11 Å². The van der Waals surface area contributed by atoms with E-state index in [0.717, 1.165) is 16.1 Å². The molecule has 0 N–H and O–H groups in total. The van der Waals surface area contributed by atoms with Crippen molar-refractivity contribution in [2.24, 2.45) is 5.92 Å². The summed E-state index contributed by atoms with van der Waals surface area (Å²) >= 11 is 3.52. The molecule has 106 valence electrons. The molecule has 1 saturated carbocycles. The molecule has 2 rings (SSSR count). The van der Waals surface area contributed by atoms with E-state index in [1.807, 2.05) is 6.07 Å². The van der Waals surface area contributed by atoms with E-state index in [9.17, 15) is 0 Å². The molecule has 19 heavy (non-hydrogen) atoms. The molecule has 0 saturated heterocycles. The monoisotopic (exact) mass is 326 g/mol. The standard InChI is InChI=1S/C16H23BrO2/c1-3-13-6-4-5-7-15(13)19-11-12-8-9-16(18-2)14(17)10-12/h8-10,13,15H,3-7,11H2,1-2H3. The average Bonchev–Trinajstić information content (AvgIpc) is 2.45. The number of hydrogen-bond acceptors (Lipinski definition) is 2. The molecule has 0 bridgehead atoms. The minimum Gasteiger partial charge on any atom is -0.496 e. The Hall–Kier alpha value is -0.540. The summed E-state index contributed by atoms with van der Waals surface area (Å²) in [5.41, 5.74) is 1.20. The fourth-order valence-corrected chi connectivity index (χ4v) is 3.45. The van der Waals surface area contributed by atoms with Crippen LogP contribution in [0.1, 0.15) is 44.6 Å². The maximum absolute atomic E-state index is 6.14. The lowest BCUT2D eigenvalue weighted by Gasteiger charge is -2.30. The maximum Gasteiger partial charge on any atom is 0.133 e. The fraction of sp³-hybridized carbons (Fsp3) is 0.625. The summed E-state index contributed by atoms with van der Waals surface area (Å²) in [5.74, 6) is 1.61. The van der Waals surface area contributed by atoms with Crippen LogP contribution in [0.5, 0.6) is 5.75 Å². The van der Waals surface area contributed by atoms with Crippen LogP contribution in [-0.2, 0) is 11.3 Å². The third-order valence-electron chi connectivity index (χ3n) is 4.04. The van der Waals surface area contributed by atoms with Crippen LogP contribution in [0, 0.1) is 5.92 Å². The lowest BCUT2D eigenvalue weighted by Crippen LogP contribution is -2.27. The predicted molar refractivity (Wildman–Crippen MR) is 81.5 cm³/mol. The molecule has 0 spiro atoms. The summed E-state index contributed by atoms with van der Waals surface area (Å²) in [6.07, 6.45) is 6.90. The van der Waals surface area contributed by atoms with Crippen molar-refractivity contribution in [3.8, 4) is 5.75 Å². The zero-order valence-corrected chi connectivity index (χ0v) is 13.4. The molecule has 1 fully saturated rings. The van der Waals surface area contributed by atoms with Gasteiger partial charge >= 0.3 is 0 Å². The largest absolute Gasteiger partial charge is 0.496 e. The highest BCUT2D eigenvalue weighted by Crippen LogP contribution is 2.31. The number of methoxy groups -OCH3 is 1. The molecule has 0 aromatic heterocycles. The first kappa shape index (κ1) is 14.9. The van der Waals surface area contributed by atoms with Gasteiger partial charge in [-0.25, -0.2) is 0 Å². The van der Waals surface area contributed by atoms with Crippen LogP contribution in [0.4, 0.5) is 0 Å². The first-order chi connectivity index (χ1) is 9.24. The van der Waals surface area contributed by atoms with Crippen molar-refractivity contribution in [3.05, 3.63) is 28.2 Å². The fourth-order valence-electron chi connectivity index (χ4n) is 2.86. The van der Waals surface area contributed by atoms with Crippen molar-refractivity contribution in [3.63, 3.8) is 0 Å². The van der Waals surface area contributed by atoms with E-state index in [-0.39, 0.29) is 0 Å². The molecule has 1 aromatic rings. The SMILES string of the molecule is CCC1CCCCC1OCc1ccc(OC)c(Br)c1. The lowest BCUT2D eigenvalue weighted by molar-refractivity contribution is -0.0222. The van der Waals surface area contributed by atoms with E-state index in [1.165, 1.54) is 37.7 Å². The van der Waals surface area contributed by atoms with Crippen LogP contribution >= 0.6 is 15.9 Å². The summed E-state index contributed by atoms with van der Waals surface area (Å²) in [5, 5.41) is 0. The molecule has 0 radical (unpaired) electrons. The molecule has 2 atom stereocenters. The van der Waals surface area contributed by atoms with Gasteiger partial charge < -0.3 is 9.47 Å². The predicted octanol–water partition coefficient (Wildman–Crippen LogP) is 4.94. The van der Waals surface area contributed by atoms with Gasteiger partial charge in [0.05, 0.1) is 24.3 Å². The Kier molecular flexibility index (Phi) is 5.71. The smallest absolute Gasteiger partial charge is 0.133 e. The highest BCUT2D eigenvalue weighted by Gasteiger charge is 2.24. The van der Waals surface area contributed by atoms with Gasteiger partial charge in [-0.3, -0.25) is 0 Å². The number of halogens is 1. The van der Waals surface area contributed by atoms with Gasteiger partial charge in [0, 0.05) is 0 Å². The Morgan fingerprint density at radius 1 is 1.26 bits per heavy atom. The summed E-state index contributed by atoms with van der Waals surface area (Å²) < 4.78 is 12.4. The van der Waals surface area contributed by atoms with Crippen molar-refractivity contribution in [2.75, 3.05) is 7.11 Å². The number of hydrogen-bond donors (Lipinski definition) is 0. The zero-order valence-electron chi connectivity index (χ0n) is 11.8. The number of rotatable bonds is 5. The molecule has 1 aromatic carbocycles. The van der Waals surface area contributed by atoms with E-state index < -0.39 is 0 Å². The quantitative estimate of drug-likeness (QED) is 0.762. The highest BCUT2D eigenvalue weighted by atomic mass is 79.9. The lowest BCUT2D eigenvalue weighted by atomic mass is 9.85. The van der Waals surface area contributed by atoms with E-state index in [0.29, 0.717) is 12.7 Å². The van der Waals surface area contributed by atoms with Crippen LogP contribution in [-0.4, -0.2) is 13.2 Å². The molecular formula is C16H23BrO2. The third kappa shape index (κ3) is 3.96. The minimum atomic E-state index is 0.444. The Balaban J connectivity index is 1.92. The summed E-state index contributed by atoms with van der Waals surface area (Å²) in [6, 6.07) is 6.15. The maximum atomic E-state index is 6.14. The van der Waals surface area contributed by atoms with Gasteiger partial charge in [0.25, 0.3) is 0 Å². The summed E-state index contributed by atoms with van der Waals surface area (Å²) in [7, 11) is 1.68. The van der Waals surface area contributed by atoms with Gasteiger partial charge in [0.15, 0.2) is 0 Å². The Morgan fingerprint density at radius 3 is 2.74 bits per heavy atom. The van der Waals surface area contributed by atoms with Crippen molar-refractivity contribution in [1.29, 1.82) is 0 Å². The molecule has 1 aliphatic rings. The van der Waals surface area contributed by atoms with E-state index >= 15 is 0 Å². The Morgan fingerprint density at radius 2 is 2.05 bits per heavy atom. The van der Waals surface area contributed by atoms with Gasteiger partial charge in [-0.1, -0.05) is 32.3 Å². The molecule has 0 heterocycles. The summed E-state index contributed by atoms with van der Waals surface area (Å²) in [6.45, 7) is 2.97. The highest BCUT2D eigenvalue weighted by molar-refractivity contribution is 9.10. The van der Waals surface area contributed by atoms with Crippen molar-refractivity contribution >= 4 is 15.9 Å². The van der Waals surface area contributed by atoms with Crippen LogP contribution < -0.4 is 4.74 Å². The van der Waals surface area contributed by atoms with Crippen LogP contribution in [0.3, 0.4) is 0 Å². The first-order valence-electron chi connectivity index (χ1n) is 7.18. The Bertz CT molecular complexity index is 406. The Labute approximate surface area is 124 Å². The van der Waals surface area contributed by atoms with Crippen molar-refractivity contribution < 1.29 is 9.47 Å². The van der Waals surface area contributed by atoms with Gasteiger partial charge in [0.1, 0.15) is 5.75 Å². The van der Waals surface area contributed by atoms with Crippen molar-refractivity contribution in [2.45, 2.75) is 51.7 Å². The molecule has 2 unspecified atom stereocenters. The van der Waals surface area contributed by atoms with Gasteiger partial charge in [-0.2, -0.15) is 0 Å². The zero-order chi connectivity index (χ0) is 13.7. The average molecular weight is 327 g/mol. The van der Waals surface area contributed by atoms with Gasteiger partial charge in [-0.05, 0) is 52.4 Å². The van der Waals surface area contributed by atoms with Gasteiger partial charge in [-0.15, -0.1) is 0 Å². The normalized spacial score (nSPS) is 23.3.